The molecule has 0 spiro atoms. The molecular weight excluding hydrogens is 110 g/mol. The summed E-state index contributed by atoms with van der Waals surface area (Å²) < 4.78 is 23.8. The molecular formula is C6H3F2. The van der Waals surface area contributed by atoms with Gasteiger partial charge < -0.3 is 0 Å². The maximum atomic E-state index is 11.9. The van der Waals surface area contributed by atoms with E-state index in [1.165, 1.54) is 6.08 Å². The van der Waals surface area contributed by atoms with Crippen molar-refractivity contribution < 1.29 is 8.78 Å². The number of halogens is 2. The molecule has 3 radical (unpaired) electrons. The minimum atomic E-state index is -0.948. The van der Waals surface area contributed by atoms with Crippen LogP contribution in [0.25, 0.3) is 0 Å². The van der Waals surface area contributed by atoms with E-state index in [0.717, 1.165) is 0 Å². The van der Waals surface area contributed by atoms with Crippen molar-refractivity contribution in [1.82, 2.24) is 0 Å². The van der Waals surface area contributed by atoms with Crippen LogP contribution in [0.4, 0.5) is 8.78 Å². The van der Waals surface area contributed by atoms with Gasteiger partial charge in [-0.05, 0) is 6.42 Å². The van der Waals surface area contributed by atoms with Gasteiger partial charge >= 0.3 is 0 Å². The summed E-state index contributed by atoms with van der Waals surface area (Å²) in [6, 6.07) is 0. The van der Waals surface area contributed by atoms with Crippen molar-refractivity contribution in [3.8, 4) is 0 Å². The minimum absolute atomic E-state index is 0.319. The molecule has 0 N–H and O–H groups in total. The quantitative estimate of drug-likeness (QED) is 0.450. The first kappa shape index (κ1) is 5.48. The summed E-state index contributed by atoms with van der Waals surface area (Å²) in [6.45, 7) is 0. The minimum Gasteiger partial charge on any atom is -0.208 e. The zero-order valence-electron chi connectivity index (χ0n) is 4.04. The summed E-state index contributed by atoms with van der Waals surface area (Å²) in [5.74, 6) is -1.87. The topological polar surface area (TPSA) is 0 Å². The Labute approximate surface area is 46.5 Å². The third-order valence-electron chi connectivity index (χ3n) is 0.781. The molecule has 0 bridgehead atoms. The number of hydrogen-bond acceptors (Lipinski definition) is 0. The molecule has 0 aromatic rings. The van der Waals surface area contributed by atoms with E-state index >= 15 is 0 Å². The van der Waals surface area contributed by atoms with E-state index < -0.39 is 11.7 Å². The molecule has 1 rings (SSSR count). The molecule has 41 valence electrons. The molecule has 2 heteroatoms. The zero-order chi connectivity index (χ0) is 5.98. The lowest BCUT2D eigenvalue weighted by molar-refractivity contribution is 0.548. The van der Waals surface area contributed by atoms with Crippen LogP contribution in [0.15, 0.2) is 17.7 Å². The monoisotopic (exact) mass is 113 g/mol. The van der Waals surface area contributed by atoms with Crippen molar-refractivity contribution in [2.24, 2.45) is 0 Å². The van der Waals surface area contributed by atoms with Crippen LogP contribution in [-0.2, 0) is 0 Å². The third-order valence-corrected chi connectivity index (χ3v) is 0.781. The van der Waals surface area contributed by atoms with Gasteiger partial charge in [-0.25, -0.2) is 8.78 Å². The van der Waals surface area contributed by atoms with Crippen molar-refractivity contribution in [2.45, 2.75) is 6.42 Å². The van der Waals surface area contributed by atoms with E-state index in [2.05, 4.69) is 12.5 Å². The molecule has 0 aromatic carbocycles. The van der Waals surface area contributed by atoms with E-state index in [9.17, 15) is 8.78 Å². The van der Waals surface area contributed by atoms with E-state index in [-0.39, 0.29) is 0 Å². The molecule has 0 atom stereocenters. The highest BCUT2D eigenvalue weighted by Crippen LogP contribution is 2.18. The Morgan fingerprint density at radius 2 is 2.12 bits per heavy atom. The number of allylic oxidation sites excluding steroid dienone is 4. The lowest BCUT2D eigenvalue weighted by atomic mass is 10.2. The second-order valence-electron chi connectivity index (χ2n) is 1.36. The summed E-state index contributed by atoms with van der Waals surface area (Å²) in [4.78, 5) is 0. The van der Waals surface area contributed by atoms with Crippen LogP contribution in [0, 0.1) is 12.5 Å². The summed E-state index contributed by atoms with van der Waals surface area (Å²) in [5.41, 5.74) is 0. The Bertz CT molecular complexity index is 145. The van der Waals surface area contributed by atoms with Gasteiger partial charge in [0.15, 0.2) is 5.83 Å². The smallest absolute Gasteiger partial charge is 0.162 e. The molecule has 1 aliphatic carbocycles. The standard InChI is InChI=1S/C6H3F2/c7-5-3-1-2-4-6(5)8/h1H,2H2. The lowest BCUT2D eigenvalue weighted by Crippen LogP contribution is -1.85. The molecule has 0 amide bonds. The van der Waals surface area contributed by atoms with Gasteiger partial charge in [-0.15, -0.1) is 0 Å². The van der Waals surface area contributed by atoms with Crippen molar-refractivity contribution in [1.29, 1.82) is 0 Å². The van der Waals surface area contributed by atoms with Gasteiger partial charge in [-0.3, -0.25) is 0 Å². The second-order valence-corrected chi connectivity index (χ2v) is 1.36. The highest BCUT2D eigenvalue weighted by molar-refractivity contribution is 5.21. The molecule has 0 unspecified atom stereocenters. The highest BCUT2D eigenvalue weighted by atomic mass is 19.2. The summed E-state index contributed by atoms with van der Waals surface area (Å²) in [5, 5.41) is 0. The van der Waals surface area contributed by atoms with E-state index in [1.54, 1.807) is 0 Å². The van der Waals surface area contributed by atoms with Crippen molar-refractivity contribution in [3.63, 3.8) is 0 Å². The predicted molar refractivity (Wildman–Crippen MR) is 24.9 cm³/mol. The van der Waals surface area contributed by atoms with Crippen LogP contribution in [0.5, 0.6) is 0 Å². The Hall–Kier alpha value is -0.660. The third kappa shape index (κ3) is 0.941. The molecule has 0 aliphatic heterocycles. The van der Waals surface area contributed by atoms with Gasteiger partial charge in [0.05, 0.1) is 6.42 Å². The van der Waals surface area contributed by atoms with Crippen molar-refractivity contribution >= 4 is 0 Å². The normalized spacial score (nSPS) is 19.8. The van der Waals surface area contributed by atoms with E-state index in [0.29, 0.717) is 6.42 Å². The Morgan fingerprint density at radius 3 is 2.50 bits per heavy atom. The summed E-state index contributed by atoms with van der Waals surface area (Å²) in [6.07, 6.45) is 5.94. The molecule has 8 heavy (non-hydrogen) atoms. The molecule has 1 aliphatic rings. The Balaban J connectivity index is 2.76. The SMILES string of the molecule is FC1=C(F)[C]=CC[C]1. The van der Waals surface area contributed by atoms with Gasteiger partial charge in [-0.2, -0.15) is 0 Å². The van der Waals surface area contributed by atoms with Crippen molar-refractivity contribution in [3.05, 3.63) is 30.2 Å². The first-order valence-electron chi connectivity index (χ1n) is 2.18. The number of rotatable bonds is 0. The van der Waals surface area contributed by atoms with Gasteiger partial charge in [0.1, 0.15) is 5.83 Å². The molecule has 0 heterocycles. The molecule has 0 saturated heterocycles. The van der Waals surface area contributed by atoms with Crippen LogP contribution in [0.1, 0.15) is 6.42 Å². The van der Waals surface area contributed by atoms with Gasteiger partial charge in [0.2, 0.25) is 0 Å². The van der Waals surface area contributed by atoms with Crippen LogP contribution in [-0.4, -0.2) is 0 Å². The molecule has 0 aromatic heterocycles. The maximum Gasteiger partial charge on any atom is 0.162 e. The van der Waals surface area contributed by atoms with Crippen LogP contribution >= 0.6 is 0 Å². The van der Waals surface area contributed by atoms with Crippen LogP contribution < -0.4 is 0 Å². The Morgan fingerprint density at radius 1 is 1.38 bits per heavy atom. The average molecular weight is 113 g/mol. The molecule has 0 nitrogen and oxygen atoms in total. The maximum absolute atomic E-state index is 11.9. The van der Waals surface area contributed by atoms with Gasteiger partial charge in [0.25, 0.3) is 0 Å². The van der Waals surface area contributed by atoms with Gasteiger partial charge in [-0.1, -0.05) is 6.08 Å². The average Bonchev–Trinajstić information content (AvgIpc) is 1.77. The van der Waals surface area contributed by atoms with Crippen LogP contribution in [0.3, 0.4) is 0 Å². The van der Waals surface area contributed by atoms with Gasteiger partial charge in [0, 0.05) is 6.08 Å². The fourth-order valence-electron chi connectivity index (χ4n) is 0.422. The lowest BCUT2D eigenvalue weighted by Gasteiger charge is -1.96. The fraction of sp³-hybridized carbons (Fsp3) is 0.167. The zero-order valence-corrected chi connectivity index (χ0v) is 4.04. The van der Waals surface area contributed by atoms with E-state index in [1.807, 2.05) is 0 Å². The largest absolute Gasteiger partial charge is 0.208 e. The van der Waals surface area contributed by atoms with Crippen molar-refractivity contribution in [2.75, 3.05) is 0 Å². The highest BCUT2D eigenvalue weighted by Gasteiger charge is 2.06. The first-order chi connectivity index (χ1) is 3.80. The van der Waals surface area contributed by atoms with E-state index in [4.69, 9.17) is 0 Å². The number of hydrogen-bond donors (Lipinski definition) is 0. The fourth-order valence-corrected chi connectivity index (χ4v) is 0.422. The Kier molecular flexibility index (Phi) is 1.42. The summed E-state index contributed by atoms with van der Waals surface area (Å²) >= 11 is 0. The first-order valence-corrected chi connectivity index (χ1v) is 2.18. The van der Waals surface area contributed by atoms with Crippen LogP contribution in [0.2, 0.25) is 0 Å². The second kappa shape index (κ2) is 2.07. The summed E-state index contributed by atoms with van der Waals surface area (Å²) in [7, 11) is 0. The molecule has 0 saturated carbocycles. The predicted octanol–water partition coefficient (Wildman–Crippen LogP) is 1.98. The molecule has 0 fully saturated rings.